The van der Waals surface area contributed by atoms with Crippen LogP contribution in [0.4, 0.5) is 4.39 Å². The molecule has 0 unspecified atom stereocenters. The molecule has 0 amide bonds. The van der Waals surface area contributed by atoms with Crippen molar-refractivity contribution in [2.24, 2.45) is 0 Å². The second-order valence-electron chi connectivity index (χ2n) is 6.33. The topological polar surface area (TPSA) is 67.5 Å². The minimum absolute atomic E-state index is 0.0580. The first-order valence-corrected chi connectivity index (χ1v) is 8.32. The number of carboxylic acid groups (broad SMARTS) is 1. The lowest BCUT2D eigenvalue weighted by Gasteiger charge is -2.18. The second kappa shape index (κ2) is 6.26. The van der Waals surface area contributed by atoms with Crippen molar-refractivity contribution in [3.05, 3.63) is 81.0 Å². The summed E-state index contributed by atoms with van der Waals surface area (Å²) in [5.41, 5.74) is 2.53. The number of carboxylic acids is 1. The maximum atomic E-state index is 13.1. The van der Waals surface area contributed by atoms with E-state index in [1.807, 2.05) is 6.08 Å². The smallest absolute Gasteiger partial charge is 0.335 e. The van der Waals surface area contributed by atoms with Crippen LogP contribution in [0.2, 0.25) is 0 Å². The second-order valence-corrected chi connectivity index (χ2v) is 6.33. The van der Waals surface area contributed by atoms with Gasteiger partial charge in [0.05, 0.1) is 10.9 Å². The Balaban J connectivity index is 1.89. The molecule has 3 aromatic rings. The third-order valence-electron chi connectivity index (χ3n) is 4.61. The van der Waals surface area contributed by atoms with Gasteiger partial charge in [-0.1, -0.05) is 12.1 Å². The van der Waals surface area contributed by atoms with Crippen molar-refractivity contribution >= 4 is 28.6 Å². The lowest BCUT2D eigenvalue weighted by atomic mass is 9.90. The van der Waals surface area contributed by atoms with Crippen LogP contribution in [0.15, 0.2) is 51.7 Å². The Morgan fingerprint density at radius 2 is 1.88 bits per heavy atom. The van der Waals surface area contributed by atoms with Crippen LogP contribution in [-0.4, -0.2) is 11.1 Å². The molecule has 0 bridgehead atoms. The standard InChI is InChI=1S/C21H15FO4/c22-15-7-4-12(5-8-15)10-13-2-1-3-16-19(23)17-11-14(21(24)25)6-9-18(17)26-20(13)16/h4-11H,1-3H2,(H,24,25). The number of hydrogen-bond acceptors (Lipinski definition) is 3. The van der Waals surface area contributed by atoms with E-state index in [0.717, 1.165) is 24.0 Å². The zero-order chi connectivity index (χ0) is 18.3. The predicted octanol–water partition coefficient (Wildman–Crippen LogP) is 4.51. The number of halogens is 1. The minimum atomic E-state index is -1.08. The molecule has 1 aliphatic rings. The quantitative estimate of drug-likeness (QED) is 0.738. The Morgan fingerprint density at radius 3 is 2.62 bits per heavy atom. The Morgan fingerprint density at radius 1 is 1.12 bits per heavy atom. The monoisotopic (exact) mass is 350 g/mol. The number of fused-ring (bicyclic) bond motifs is 2. The fourth-order valence-electron chi connectivity index (χ4n) is 3.32. The zero-order valence-electron chi connectivity index (χ0n) is 13.8. The van der Waals surface area contributed by atoms with Gasteiger partial charge in [-0.3, -0.25) is 4.79 Å². The van der Waals surface area contributed by atoms with Crippen molar-refractivity contribution in [1.29, 1.82) is 0 Å². The highest BCUT2D eigenvalue weighted by Crippen LogP contribution is 2.33. The van der Waals surface area contributed by atoms with Crippen LogP contribution in [-0.2, 0) is 6.42 Å². The molecule has 0 radical (unpaired) electrons. The Bertz CT molecular complexity index is 1110. The van der Waals surface area contributed by atoms with E-state index in [4.69, 9.17) is 9.52 Å². The van der Waals surface area contributed by atoms with Crippen molar-refractivity contribution in [2.75, 3.05) is 0 Å². The van der Waals surface area contributed by atoms with Crippen molar-refractivity contribution < 1.29 is 18.7 Å². The average Bonchev–Trinajstić information content (AvgIpc) is 2.64. The van der Waals surface area contributed by atoms with Gasteiger partial charge in [0.2, 0.25) is 0 Å². The summed E-state index contributed by atoms with van der Waals surface area (Å²) >= 11 is 0. The summed E-state index contributed by atoms with van der Waals surface area (Å²) in [5, 5.41) is 9.41. The summed E-state index contributed by atoms with van der Waals surface area (Å²) in [5.74, 6) is -0.843. The summed E-state index contributed by atoms with van der Waals surface area (Å²) in [6.45, 7) is 0. The summed E-state index contributed by atoms with van der Waals surface area (Å²) < 4.78 is 19.1. The SMILES string of the molecule is O=C(O)c1ccc2oc3c(c(=O)c2c1)CCCC3=Cc1ccc(F)cc1. The van der Waals surface area contributed by atoms with E-state index in [0.29, 0.717) is 23.3 Å². The summed E-state index contributed by atoms with van der Waals surface area (Å²) in [6.07, 6.45) is 4.05. The fraction of sp³-hybridized carbons (Fsp3) is 0.143. The molecule has 0 saturated heterocycles. The van der Waals surface area contributed by atoms with Gasteiger partial charge < -0.3 is 9.52 Å². The molecule has 1 aliphatic carbocycles. The Kier molecular flexibility index (Phi) is 3.92. The highest BCUT2D eigenvalue weighted by atomic mass is 19.1. The molecule has 2 aromatic carbocycles. The van der Waals surface area contributed by atoms with Crippen molar-refractivity contribution in [2.45, 2.75) is 19.3 Å². The van der Waals surface area contributed by atoms with Crippen LogP contribution in [0, 0.1) is 5.82 Å². The summed E-state index contributed by atoms with van der Waals surface area (Å²) in [7, 11) is 0. The number of rotatable bonds is 2. The minimum Gasteiger partial charge on any atom is -0.478 e. The van der Waals surface area contributed by atoms with Gasteiger partial charge in [-0.25, -0.2) is 9.18 Å². The number of benzene rings is 2. The van der Waals surface area contributed by atoms with Gasteiger partial charge in [-0.2, -0.15) is 0 Å². The van der Waals surface area contributed by atoms with Crippen LogP contribution >= 0.6 is 0 Å². The highest BCUT2D eigenvalue weighted by Gasteiger charge is 2.22. The number of allylic oxidation sites excluding steroid dienone is 1. The first kappa shape index (κ1) is 16.3. The van der Waals surface area contributed by atoms with Crippen LogP contribution in [0.5, 0.6) is 0 Å². The summed E-state index contributed by atoms with van der Waals surface area (Å²) in [4.78, 5) is 24.0. The largest absolute Gasteiger partial charge is 0.478 e. The maximum absolute atomic E-state index is 13.1. The molecule has 0 fully saturated rings. The van der Waals surface area contributed by atoms with Crippen LogP contribution < -0.4 is 5.43 Å². The molecule has 0 spiro atoms. The van der Waals surface area contributed by atoms with E-state index in [1.165, 1.54) is 30.3 Å². The first-order chi connectivity index (χ1) is 12.5. The van der Waals surface area contributed by atoms with Gasteiger partial charge in [0.15, 0.2) is 5.43 Å². The van der Waals surface area contributed by atoms with Gasteiger partial charge in [0.1, 0.15) is 17.2 Å². The van der Waals surface area contributed by atoms with Crippen LogP contribution in [0.3, 0.4) is 0 Å². The highest BCUT2D eigenvalue weighted by molar-refractivity contribution is 5.93. The van der Waals surface area contributed by atoms with Crippen LogP contribution in [0.1, 0.15) is 40.1 Å². The molecule has 0 aliphatic heterocycles. The van der Waals surface area contributed by atoms with Crippen molar-refractivity contribution in [3.8, 4) is 0 Å². The first-order valence-electron chi connectivity index (χ1n) is 8.32. The molecule has 1 heterocycles. The van der Waals surface area contributed by atoms with Gasteiger partial charge in [-0.15, -0.1) is 0 Å². The predicted molar refractivity (Wildman–Crippen MR) is 96.7 cm³/mol. The van der Waals surface area contributed by atoms with E-state index in [1.54, 1.807) is 12.1 Å². The van der Waals surface area contributed by atoms with Crippen molar-refractivity contribution in [3.63, 3.8) is 0 Å². The van der Waals surface area contributed by atoms with E-state index in [-0.39, 0.29) is 22.2 Å². The van der Waals surface area contributed by atoms with Gasteiger partial charge >= 0.3 is 5.97 Å². The number of hydrogen-bond donors (Lipinski definition) is 1. The van der Waals surface area contributed by atoms with Crippen LogP contribution in [0.25, 0.3) is 22.6 Å². The van der Waals surface area contributed by atoms with E-state index in [9.17, 15) is 14.0 Å². The molecular weight excluding hydrogens is 335 g/mol. The molecule has 4 rings (SSSR count). The normalized spacial score (nSPS) is 15.2. The Labute approximate surface area is 148 Å². The molecule has 0 atom stereocenters. The lowest BCUT2D eigenvalue weighted by Crippen LogP contribution is -2.16. The maximum Gasteiger partial charge on any atom is 0.335 e. The number of carbonyl (C=O) groups is 1. The molecule has 0 saturated carbocycles. The van der Waals surface area contributed by atoms with Gasteiger partial charge in [0, 0.05) is 5.56 Å². The summed E-state index contributed by atoms with van der Waals surface area (Å²) in [6, 6.07) is 10.4. The fourth-order valence-corrected chi connectivity index (χ4v) is 3.32. The van der Waals surface area contributed by atoms with Crippen molar-refractivity contribution in [1.82, 2.24) is 0 Å². The molecule has 4 nitrogen and oxygen atoms in total. The third kappa shape index (κ3) is 2.81. The molecule has 130 valence electrons. The molecular formula is C21H15FO4. The van der Waals surface area contributed by atoms with E-state index < -0.39 is 5.97 Å². The molecule has 1 aromatic heterocycles. The molecule has 26 heavy (non-hydrogen) atoms. The molecule has 5 heteroatoms. The van der Waals surface area contributed by atoms with E-state index >= 15 is 0 Å². The lowest BCUT2D eigenvalue weighted by molar-refractivity contribution is 0.0697. The average molecular weight is 350 g/mol. The van der Waals surface area contributed by atoms with E-state index in [2.05, 4.69) is 0 Å². The molecule has 1 N–H and O–H groups in total. The zero-order valence-corrected chi connectivity index (χ0v) is 13.8. The van der Waals surface area contributed by atoms with Gasteiger partial charge in [-0.05, 0) is 66.8 Å². The third-order valence-corrected chi connectivity index (χ3v) is 4.61. The Hall–Kier alpha value is -3.21. The van der Waals surface area contributed by atoms with Gasteiger partial charge in [0.25, 0.3) is 0 Å². The number of aromatic carboxylic acids is 1.